The fraction of sp³-hybridized carbons (Fsp3) is 0.381. The van der Waals surface area contributed by atoms with Crippen LogP contribution in [0.15, 0.2) is 47.9 Å². The molecule has 0 saturated heterocycles. The summed E-state index contributed by atoms with van der Waals surface area (Å²) in [6.07, 6.45) is 6.83. The first-order valence-electron chi connectivity index (χ1n) is 10.2. The highest BCUT2D eigenvalue weighted by atomic mass is 35.5. The molecule has 0 amide bonds. The molecule has 0 unspecified atom stereocenters. The Hall–Kier alpha value is -2.72. The van der Waals surface area contributed by atoms with Gasteiger partial charge in [0.15, 0.2) is 5.82 Å². The molecular weight excluding hydrogens is 457 g/mol. The van der Waals surface area contributed by atoms with Gasteiger partial charge in [-0.05, 0) is 49.4 Å². The van der Waals surface area contributed by atoms with Crippen LogP contribution >= 0.6 is 11.6 Å². The number of aryl methyl sites for hydroxylation is 1. The Morgan fingerprint density at radius 1 is 1.22 bits per heavy atom. The van der Waals surface area contributed by atoms with Gasteiger partial charge in [-0.3, -0.25) is 9.40 Å². The average Bonchev–Trinajstić information content (AvgIpc) is 3.17. The van der Waals surface area contributed by atoms with E-state index in [2.05, 4.69) is 26.7 Å². The Morgan fingerprint density at radius 2 is 2.03 bits per heavy atom. The van der Waals surface area contributed by atoms with Gasteiger partial charge < -0.3 is 4.74 Å². The molecule has 0 bridgehead atoms. The molecule has 3 aromatic rings. The SMILES string of the molecule is C[C@@H]1CCC[C@H](Oc2ccc(S(=O)(=O)Nc3ccncn3)c(F)c2Cl)[C@H]1c1ccnn1C. The third-order valence-corrected chi connectivity index (χ3v) is 7.49. The first-order valence-corrected chi connectivity index (χ1v) is 12.1. The maximum absolute atomic E-state index is 15.0. The fourth-order valence-electron chi connectivity index (χ4n) is 4.21. The highest BCUT2D eigenvalue weighted by Gasteiger charge is 2.36. The van der Waals surface area contributed by atoms with E-state index in [0.29, 0.717) is 5.92 Å². The van der Waals surface area contributed by atoms with E-state index >= 15 is 4.39 Å². The summed E-state index contributed by atoms with van der Waals surface area (Å²) in [5.41, 5.74) is 1.03. The summed E-state index contributed by atoms with van der Waals surface area (Å²) < 4.78 is 50.5. The average molecular weight is 480 g/mol. The number of hydrogen-bond donors (Lipinski definition) is 1. The summed E-state index contributed by atoms with van der Waals surface area (Å²) in [5.74, 6) is -0.558. The summed E-state index contributed by atoms with van der Waals surface area (Å²) in [4.78, 5) is 6.92. The van der Waals surface area contributed by atoms with E-state index in [1.807, 2.05) is 17.8 Å². The van der Waals surface area contributed by atoms with E-state index in [1.54, 1.807) is 6.20 Å². The van der Waals surface area contributed by atoms with Crippen LogP contribution in [-0.4, -0.2) is 34.3 Å². The third kappa shape index (κ3) is 4.42. The van der Waals surface area contributed by atoms with E-state index in [1.165, 1.54) is 24.7 Å². The van der Waals surface area contributed by atoms with E-state index in [0.717, 1.165) is 31.0 Å². The maximum atomic E-state index is 15.0. The summed E-state index contributed by atoms with van der Waals surface area (Å²) in [5, 5.41) is 3.89. The van der Waals surface area contributed by atoms with E-state index in [9.17, 15) is 8.42 Å². The van der Waals surface area contributed by atoms with E-state index < -0.39 is 20.7 Å². The van der Waals surface area contributed by atoms with Gasteiger partial charge in [0.25, 0.3) is 10.0 Å². The number of aromatic nitrogens is 4. The monoisotopic (exact) mass is 479 g/mol. The predicted octanol–water partition coefficient (Wildman–Crippen LogP) is 4.15. The number of ether oxygens (including phenoxy) is 1. The van der Waals surface area contributed by atoms with E-state index in [-0.39, 0.29) is 28.6 Å². The summed E-state index contributed by atoms with van der Waals surface area (Å²) in [7, 11) is -2.36. The van der Waals surface area contributed by atoms with Gasteiger partial charge in [-0.15, -0.1) is 0 Å². The van der Waals surface area contributed by atoms with Crippen molar-refractivity contribution >= 4 is 27.4 Å². The van der Waals surface area contributed by atoms with Crippen molar-refractivity contribution in [2.24, 2.45) is 13.0 Å². The van der Waals surface area contributed by atoms with Crippen molar-refractivity contribution in [3.63, 3.8) is 0 Å². The Labute approximate surface area is 190 Å². The second-order valence-corrected chi connectivity index (χ2v) is 9.89. The number of nitrogens with one attached hydrogen (secondary N) is 1. The minimum atomic E-state index is -4.24. The second-order valence-electron chi connectivity index (χ2n) is 7.86. The molecule has 0 spiro atoms. The summed E-state index contributed by atoms with van der Waals surface area (Å²) in [6, 6.07) is 5.85. The van der Waals surface area contributed by atoms with Crippen molar-refractivity contribution in [3.05, 3.63) is 59.5 Å². The zero-order valence-corrected chi connectivity index (χ0v) is 19.1. The van der Waals surface area contributed by atoms with Crippen molar-refractivity contribution in [1.29, 1.82) is 0 Å². The van der Waals surface area contributed by atoms with Crippen LogP contribution in [0.25, 0.3) is 0 Å². The lowest BCUT2D eigenvalue weighted by Crippen LogP contribution is -2.35. The summed E-state index contributed by atoms with van der Waals surface area (Å²) >= 11 is 6.23. The van der Waals surface area contributed by atoms with Crippen LogP contribution in [0, 0.1) is 11.7 Å². The number of sulfonamides is 1. The molecule has 1 aliphatic carbocycles. The van der Waals surface area contributed by atoms with Gasteiger partial charge in [-0.1, -0.05) is 18.5 Å². The number of anilines is 1. The molecule has 11 heteroatoms. The third-order valence-electron chi connectivity index (χ3n) is 5.76. The molecule has 1 aromatic carbocycles. The molecule has 170 valence electrons. The van der Waals surface area contributed by atoms with Crippen LogP contribution in [0.3, 0.4) is 0 Å². The smallest absolute Gasteiger partial charge is 0.266 e. The minimum absolute atomic E-state index is 0.0195. The Morgan fingerprint density at radius 3 is 2.72 bits per heavy atom. The number of nitrogens with zero attached hydrogens (tertiary/aromatic N) is 4. The van der Waals surface area contributed by atoms with Crippen molar-refractivity contribution in [1.82, 2.24) is 19.7 Å². The first-order chi connectivity index (χ1) is 15.3. The van der Waals surface area contributed by atoms with Crippen molar-refractivity contribution in [3.8, 4) is 5.75 Å². The normalized spacial score (nSPS) is 21.3. The molecule has 8 nitrogen and oxygen atoms in total. The van der Waals surface area contributed by atoms with Crippen molar-refractivity contribution < 1.29 is 17.5 Å². The van der Waals surface area contributed by atoms with Gasteiger partial charge in [-0.2, -0.15) is 5.10 Å². The molecule has 1 N–H and O–H groups in total. The van der Waals surface area contributed by atoms with Crippen LogP contribution in [-0.2, 0) is 17.1 Å². The quantitative estimate of drug-likeness (QED) is 0.570. The predicted molar refractivity (Wildman–Crippen MR) is 118 cm³/mol. The van der Waals surface area contributed by atoms with Crippen LogP contribution in [0.1, 0.15) is 37.8 Å². The molecule has 4 rings (SSSR count). The minimum Gasteiger partial charge on any atom is -0.488 e. The maximum Gasteiger partial charge on any atom is 0.266 e. The first kappa shape index (κ1) is 22.5. The van der Waals surface area contributed by atoms with Gasteiger partial charge >= 0.3 is 0 Å². The Bertz CT molecular complexity index is 1210. The lowest BCUT2D eigenvalue weighted by atomic mass is 9.76. The molecule has 0 radical (unpaired) electrons. The second kappa shape index (κ2) is 9.03. The van der Waals surface area contributed by atoms with Gasteiger partial charge in [0.1, 0.15) is 33.9 Å². The Kier molecular flexibility index (Phi) is 6.34. The van der Waals surface area contributed by atoms with E-state index in [4.69, 9.17) is 16.3 Å². The summed E-state index contributed by atoms with van der Waals surface area (Å²) in [6.45, 7) is 2.16. The van der Waals surface area contributed by atoms with Crippen LogP contribution in [0.2, 0.25) is 5.02 Å². The lowest BCUT2D eigenvalue weighted by Gasteiger charge is -2.36. The fourth-order valence-corrected chi connectivity index (χ4v) is 5.57. The zero-order chi connectivity index (χ0) is 22.9. The number of rotatable bonds is 6. The van der Waals surface area contributed by atoms with Gasteiger partial charge in [-0.25, -0.2) is 22.8 Å². The Balaban J connectivity index is 1.61. The van der Waals surface area contributed by atoms with Crippen LogP contribution in [0.5, 0.6) is 5.75 Å². The number of benzene rings is 1. The molecule has 1 fully saturated rings. The topological polar surface area (TPSA) is 99.0 Å². The van der Waals surface area contributed by atoms with Crippen LogP contribution < -0.4 is 9.46 Å². The molecule has 1 aliphatic rings. The van der Waals surface area contributed by atoms with Gasteiger partial charge in [0, 0.05) is 31.1 Å². The molecule has 3 atom stereocenters. The molecular formula is C21H23ClFN5O3S. The van der Waals surface area contributed by atoms with Crippen molar-refractivity contribution in [2.75, 3.05) is 4.72 Å². The molecule has 32 heavy (non-hydrogen) atoms. The largest absolute Gasteiger partial charge is 0.488 e. The molecule has 2 heterocycles. The zero-order valence-electron chi connectivity index (χ0n) is 17.6. The standard InChI is InChI=1S/C21H23ClFN5O3S/c1-13-4-3-5-15(19(13)14-8-11-26-28(14)2)31-16-6-7-17(21(23)20(16)22)32(29,30)27-18-9-10-24-12-25-18/h6-13,15,19H,3-5H2,1-2H3,(H,24,25,27)/t13-,15+,19-/m1/s1. The highest BCUT2D eigenvalue weighted by molar-refractivity contribution is 7.92. The van der Waals surface area contributed by atoms with Crippen LogP contribution in [0.4, 0.5) is 10.2 Å². The molecule has 1 saturated carbocycles. The highest BCUT2D eigenvalue weighted by Crippen LogP contribution is 2.41. The lowest BCUT2D eigenvalue weighted by molar-refractivity contribution is 0.0963. The van der Waals surface area contributed by atoms with Crippen molar-refractivity contribution in [2.45, 2.75) is 43.1 Å². The number of halogens is 2. The number of hydrogen-bond acceptors (Lipinski definition) is 6. The molecule has 2 aromatic heterocycles. The molecule has 0 aliphatic heterocycles. The van der Waals surface area contributed by atoms with Gasteiger partial charge in [0.05, 0.1) is 0 Å². The van der Waals surface area contributed by atoms with Gasteiger partial charge in [0.2, 0.25) is 0 Å².